The maximum absolute atomic E-state index is 4.50. The topological polar surface area (TPSA) is 74.8 Å². The van der Waals surface area contributed by atoms with Crippen LogP contribution in [0.4, 0.5) is 23.0 Å². The molecule has 3 heterocycles. The molecule has 5 rings (SSSR count). The van der Waals surface area contributed by atoms with Crippen molar-refractivity contribution < 1.29 is 0 Å². The lowest BCUT2D eigenvalue weighted by atomic mass is 10.2. The maximum atomic E-state index is 4.50. The summed E-state index contributed by atoms with van der Waals surface area (Å²) in [5.74, 6) is 1.67. The second kappa shape index (κ2) is 8.42. The fraction of sp³-hybridized carbons (Fsp3) is 0.0870. The average molecular weight is 413 g/mol. The molecule has 1 aliphatic rings. The summed E-state index contributed by atoms with van der Waals surface area (Å²) in [4.78, 5) is 14.4. The monoisotopic (exact) mass is 412 g/mol. The molecule has 30 heavy (non-hydrogen) atoms. The number of aromatic nitrogens is 3. The van der Waals surface area contributed by atoms with E-state index in [0.717, 1.165) is 39.5 Å². The van der Waals surface area contributed by atoms with Crippen molar-refractivity contribution in [2.75, 3.05) is 16.0 Å². The van der Waals surface area contributed by atoms with Crippen LogP contribution in [0.1, 0.15) is 11.1 Å². The molecule has 2 aromatic heterocycles. The normalized spacial score (nSPS) is 11.7. The number of nitrogens with zero attached hydrogens (tertiary/aromatic N) is 3. The predicted octanol–water partition coefficient (Wildman–Crippen LogP) is 5.30. The minimum atomic E-state index is 0.714. The summed E-state index contributed by atoms with van der Waals surface area (Å²) in [6.45, 7) is 1.47. The second-order valence-corrected chi connectivity index (χ2v) is 7.92. The molecule has 0 spiro atoms. The number of hydrogen-bond donors (Lipinski definition) is 3. The first-order chi connectivity index (χ1) is 14.8. The van der Waals surface area contributed by atoms with Crippen LogP contribution in [0.3, 0.4) is 0 Å². The Bertz CT molecular complexity index is 1150. The lowest BCUT2D eigenvalue weighted by molar-refractivity contribution is 1.04. The van der Waals surface area contributed by atoms with Crippen LogP contribution >= 0.6 is 11.8 Å². The van der Waals surface area contributed by atoms with Gasteiger partial charge in [-0.1, -0.05) is 48.2 Å². The van der Waals surface area contributed by atoms with Crippen molar-refractivity contribution in [3.8, 4) is 0 Å². The van der Waals surface area contributed by atoms with Gasteiger partial charge < -0.3 is 16.0 Å². The summed E-state index contributed by atoms with van der Waals surface area (Å²) in [5, 5.41) is 11.1. The fourth-order valence-electron chi connectivity index (χ4n) is 3.19. The van der Waals surface area contributed by atoms with E-state index in [1.807, 2.05) is 36.5 Å². The van der Waals surface area contributed by atoms with Crippen molar-refractivity contribution in [2.45, 2.75) is 23.0 Å². The SMILES string of the molecule is c1ccc(CNc2ccc(NCc3ccc4c(c3)Nc3nccnc3S4)cn2)cc1. The van der Waals surface area contributed by atoms with Crippen molar-refractivity contribution in [3.63, 3.8) is 0 Å². The van der Waals surface area contributed by atoms with Crippen LogP contribution < -0.4 is 16.0 Å². The summed E-state index contributed by atoms with van der Waals surface area (Å²) in [6, 6.07) is 20.7. The highest BCUT2D eigenvalue weighted by molar-refractivity contribution is 7.99. The third-order valence-electron chi connectivity index (χ3n) is 4.74. The van der Waals surface area contributed by atoms with E-state index in [1.54, 1.807) is 24.2 Å². The van der Waals surface area contributed by atoms with E-state index < -0.39 is 0 Å². The van der Waals surface area contributed by atoms with E-state index in [0.29, 0.717) is 6.54 Å². The molecule has 0 saturated heterocycles. The van der Waals surface area contributed by atoms with Gasteiger partial charge >= 0.3 is 0 Å². The molecule has 0 saturated carbocycles. The lowest BCUT2D eigenvalue weighted by Gasteiger charge is -2.19. The van der Waals surface area contributed by atoms with E-state index in [2.05, 4.69) is 61.2 Å². The van der Waals surface area contributed by atoms with Crippen LogP contribution in [-0.2, 0) is 13.1 Å². The molecular weight excluding hydrogens is 392 g/mol. The molecular formula is C23H20N6S. The Labute approximate surface area is 179 Å². The number of hydrogen-bond acceptors (Lipinski definition) is 7. The molecule has 148 valence electrons. The van der Waals surface area contributed by atoms with E-state index in [-0.39, 0.29) is 0 Å². The zero-order valence-corrected chi connectivity index (χ0v) is 17.0. The molecule has 7 heteroatoms. The molecule has 2 aromatic carbocycles. The van der Waals surface area contributed by atoms with Crippen molar-refractivity contribution in [2.24, 2.45) is 0 Å². The molecule has 0 radical (unpaired) electrons. The van der Waals surface area contributed by atoms with Gasteiger partial charge in [0.15, 0.2) is 5.82 Å². The summed E-state index contributed by atoms with van der Waals surface area (Å²) in [7, 11) is 0. The van der Waals surface area contributed by atoms with Gasteiger partial charge in [-0.2, -0.15) is 0 Å². The van der Waals surface area contributed by atoms with E-state index in [4.69, 9.17) is 0 Å². The zero-order chi connectivity index (χ0) is 20.2. The number of nitrogens with one attached hydrogen (secondary N) is 3. The van der Waals surface area contributed by atoms with Crippen molar-refractivity contribution in [3.05, 3.63) is 90.4 Å². The van der Waals surface area contributed by atoms with Gasteiger partial charge in [0.05, 0.1) is 17.6 Å². The fourth-order valence-corrected chi connectivity index (χ4v) is 4.07. The first-order valence-electron chi connectivity index (χ1n) is 9.70. The van der Waals surface area contributed by atoms with Crippen LogP contribution in [0.15, 0.2) is 89.2 Å². The Morgan fingerprint density at radius 1 is 0.800 bits per heavy atom. The van der Waals surface area contributed by atoms with Gasteiger partial charge in [0.1, 0.15) is 10.8 Å². The molecule has 0 atom stereocenters. The lowest BCUT2D eigenvalue weighted by Crippen LogP contribution is -2.06. The van der Waals surface area contributed by atoms with Gasteiger partial charge in [-0.05, 0) is 35.4 Å². The van der Waals surface area contributed by atoms with E-state index in [1.165, 1.54) is 11.1 Å². The minimum Gasteiger partial charge on any atom is -0.380 e. The highest BCUT2D eigenvalue weighted by Gasteiger charge is 2.17. The average Bonchev–Trinajstić information content (AvgIpc) is 2.81. The molecule has 0 aliphatic carbocycles. The molecule has 6 nitrogen and oxygen atoms in total. The molecule has 0 amide bonds. The molecule has 0 unspecified atom stereocenters. The number of benzene rings is 2. The Hall–Kier alpha value is -3.58. The van der Waals surface area contributed by atoms with Crippen LogP contribution in [0, 0.1) is 0 Å². The van der Waals surface area contributed by atoms with Gasteiger partial charge in [0.25, 0.3) is 0 Å². The quantitative estimate of drug-likeness (QED) is 0.349. The highest BCUT2D eigenvalue weighted by atomic mass is 32.2. The molecule has 1 aliphatic heterocycles. The molecule has 4 aromatic rings. The van der Waals surface area contributed by atoms with Crippen LogP contribution in [0.5, 0.6) is 0 Å². The summed E-state index contributed by atoms with van der Waals surface area (Å²) < 4.78 is 0. The van der Waals surface area contributed by atoms with Gasteiger partial charge in [0.2, 0.25) is 0 Å². The highest BCUT2D eigenvalue weighted by Crippen LogP contribution is 2.42. The third kappa shape index (κ3) is 4.21. The summed E-state index contributed by atoms with van der Waals surface area (Å²) >= 11 is 1.64. The smallest absolute Gasteiger partial charge is 0.163 e. The Balaban J connectivity index is 1.19. The molecule has 3 N–H and O–H groups in total. The van der Waals surface area contributed by atoms with Crippen LogP contribution in [0.2, 0.25) is 0 Å². The predicted molar refractivity (Wildman–Crippen MR) is 121 cm³/mol. The molecule has 0 fully saturated rings. The Morgan fingerprint density at radius 2 is 1.67 bits per heavy atom. The van der Waals surface area contributed by atoms with Crippen molar-refractivity contribution >= 4 is 34.8 Å². The third-order valence-corrected chi connectivity index (χ3v) is 5.81. The number of pyridine rings is 1. The standard InChI is InChI=1S/C23H20N6S/c1-2-4-16(5-3-1)13-27-21-9-7-18(15-28-21)26-14-17-6-8-20-19(12-17)29-22-23(30-20)25-11-10-24-22/h1-12,15,26H,13-14H2,(H,24,29)(H,27,28). The minimum absolute atomic E-state index is 0.714. The summed E-state index contributed by atoms with van der Waals surface area (Å²) in [6.07, 6.45) is 5.27. The maximum Gasteiger partial charge on any atom is 0.163 e. The number of anilines is 4. The Morgan fingerprint density at radius 3 is 2.53 bits per heavy atom. The van der Waals surface area contributed by atoms with E-state index >= 15 is 0 Å². The second-order valence-electron chi connectivity index (χ2n) is 6.89. The van der Waals surface area contributed by atoms with Gasteiger partial charge in [-0.25, -0.2) is 15.0 Å². The van der Waals surface area contributed by atoms with Gasteiger partial charge in [-0.15, -0.1) is 0 Å². The largest absolute Gasteiger partial charge is 0.380 e. The van der Waals surface area contributed by atoms with Crippen molar-refractivity contribution in [1.29, 1.82) is 0 Å². The molecule has 0 bridgehead atoms. The van der Waals surface area contributed by atoms with Gasteiger partial charge in [0, 0.05) is 30.4 Å². The summed E-state index contributed by atoms with van der Waals surface area (Å²) in [5.41, 5.74) is 4.46. The van der Waals surface area contributed by atoms with Crippen molar-refractivity contribution in [1.82, 2.24) is 15.0 Å². The van der Waals surface area contributed by atoms with Crippen LogP contribution in [-0.4, -0.2) is 15.0 Å². The first-order valence-corrected chi connectivity index (χ1v) is 10.5. The zero-order valence-electron chi connectivity index (χ0n) is 16.2. The first kappa shape index (κ1) is 18.4. The van der Waals surface area contributed by atoms with E-state index in [9.17, 15) is 0 Å². The Kier molecular flexibility index (Phi) is 5.18. The number of rotatable bonds is 6. The van der Waals surface area contributed by atoms with Gasteiger partial charge in [-0.3, -0.25) is 0 Å². The number of fused-ring (bicyclic) bond motifs is 2. The van der Waals surface area contributed by atoms with Crippen LogP contribution in [0.25, 0.3) is 0 Å².